The molecule has 3 heteroatoms. The number of aryl methyl sites for hydroxylation is 2. The molecule has 22 heavy (non-hydrogen) atoms. The molecule has 2 aromatic carbocycles. The quantitative estimate of drug-likeness (QED) is 0.866. The molecule has 0 aliphatic rings. The van der Waals surface area contributed by atoms with Gasteiger partial charge in [0.25, 0.3) is 5.91 Å². The Hall–Kier alpha value is -2.29. The van der Waals surface area contributed by atoms with E-state index in [1.165, 1.54) is 5.56 Å². The normalized spacial score (nSPS) is 11.8. The van der Waals surface area contributed by atoms with Crippen molar-refractivity contribution in [3.8, 4) is 5.75 Å². The van der Waals surface area contributed by atoms with Crippen LogP contribution in [0.1, 0.15) is 41.8 Å². The van der Waals surface area contributed by atoms with Crippen LogP contribution < -0.4 is 10.1 Å². The second kappa shape index (κ2) is 7.12. The Bertz CT molecular complexity index is 647. The number of hydrogen-bond acceptors (Lipinski definition) is 2. The van der Waals surface area contributed by atoms with Crippen molar-refractivity contribution in [2.75, 3.05) is 5.32 Å². The summed E-state index contributed by atoms with van der Waals surface area (Å²) in [6.07, 6.45) is 1.13. The molecule has 0 saturated carbocycles. The van der Waals surface area contributed by atoms with Gasteiger partial charge in [-0.3, -0.25) is 4.79 Å². The van der Waals surface area contributed by atoms with Crippen LogP contribution >= 0.6 is 0 Å². The summed E-state index contributed by atoms with van der Waals surface area (Å²) in [4.78, 5) is 12.2. The van der Waals surface area contributed by atoms with Crippen LogP contribution in [0.5, 0.6) is 5.75 Å². The van der Waals surface area contributed by atoms with Crippen LogP contribution in [-0.2, 0) is 0 Å². The van der Waals surface area contributed by atoms with Crippen LogP contribution in [0.15, 0.2) is 42.5 Å². The van der Waals surface area contributed by atoms with Gasteiger partial charge in [-0.25, -0.2) is 0 Å². The third-order valence-electron chi connectivity index (χ3n) is 3.79. The number of carbonyl (C=O) groups is 1. The van der Waals surface area contributed by atoms with Gasteiger partial charge in [0, 0.05) is 11.3 Å². The maximum Gasteiger partial charge on any atom is 0.255 e. The van der Waals surface area contributed by atoms with Gasteiger partial charge in [-0.15, -0.1) is 0 Å². The maximum absolute atomic E-state index is 12.2. The predicted molar refractivity (Wildman–Crippen MR) is 90.7 cm³/mol. The third kappa shape index (κ3) is 4.10. The van der Waals surface area contributed by atoms with E-state index >= 15 is 0 Å². The Kier molecular flexibility index (Phi) is 5.21. The smallest absolute Gasteiger partial charge is 0.255 e. The van der Waals surface area contributed by atoms with Crippen molar-refractivity contribution in [2.45, 2.75) is 40.2 Å². The second-order valence-corrected chi connectivity index (χ2v) is 5.61. The van der Waals surface area contributed by atoms with E-state index in [-0.39, 0.29) is 12.0 Å². The Morgan fingerprint density at radius 1 is 1.09 bits per heavy atom. The minimum atomic E-state index is -0.113. The summed E-state index contributed by atoms with van der Waals surface area (Å²) >= 11 is 0. The number of hydrogen-bond donors (Lipinski definition) is 1. The Morgan fingerprint density at radius 2 is 1.77 bits per heavy atom. The van der Waals surface area contributed by atoms with Crippen LogP contribution in [0.25, 0.3) is 0 Å². The molecule has 1 N–H and O–H groups in total. The van der Waals surface area contributed by atoms with E-state index < -0.39 is 0 Å². The number of ether oxygens (including phenoxy) is 1. The van der Waals surface area contributed by atoms with Crippen molar-refractivity contribution >= 4 is 11.6 Å². The van der Waals surface area contributed by atoms with Gasteiger partial charge in [-0.2, -0.15) is 0 Å². The standard InChI is InChI=1S/C19H23NO2/c1-5-15(4)22-18-10-7-16(8-11-18)19(21)20-17-9-6-13(2)14(3)12-17/h6-12,15H,5H2,1-4H3,(H,20,21). The molecule has 2 aromatic rings. The maximum atomic E-state index is 12.2. The molecule has 0 aromatic heterocycles. The SMILES string of the molecule is CCC(C)Oc1ccc(C(=O)Nc2ccc(C)c(C)c2)cc1. The van der Waals surface area contributed by atoms with Crippen molar-refractivity contribution in [3.63, 3.8) is 0 Å². The van der Waals surface area contributed by atoms with Crippen molar-refractivity contribution in [2.24, 2.45) is 0 Å². The minimum absolute atomic E-state index is 0.113. The molecule has 1 amide bonds. The zero-order valence-corrected chi connectivity index (χ0v) is 13.6. The highest BCUT2D eigenvalue weighted by Gasteiger charge is 2.08. The first kappa shape index (κ1) is 16.1. The number of benzene rings is 2. The molecular formula is C19H23NO2. The molecule has 116 valence electrons. The minimum Gasteiger partial charge on any atom is -0.491 e. The van der Waals surface area contributed by atoms with Gasteiger partial charge < -0.3 is 10.1 Å². The van der Waals surface area contributed by atoms with E-state index in [0.717, 1.165) is 23.4 Å². The molecule has 0 spiro atoms. The lowest BCUT2D eigenvalue weighted by Crippen LogP contribution is -2.13. The highest BCUT2D eigenvalue weighted by molar-refractivity contribution is 6.04. The molecule has 0 fully saturated rings. The summed E-state index contributed by atoms with van der Waals surface area (Å²) < 4.78 is 5.71. The van der Waals surface area contributed by atoms with Gasteiger partial charge in [0.15, 0.2) is 0 Å². The average molecular weight is 297 g/mol. The molecular weight excluding hydrogens is 274 g/mol. The molecule has 0 saturated heterocycles. The zero-order valence-electron chi connectivity index (χ0n) is 13.6. The first-order valence-corrected chi connectivity index (χ1v) is 7.65. The first-order chi connectivity index (χ1) is 10.5. The lowest BCUT2D eigenvalue weighted by Gasteiger charge is -2.13. The summed E-state index contributed by atoms with van der Waals surface area (Å²) in [6.45, 7) is 8.19. The molecule has 0 aliphatic heterocycles. The highest BCUT2D eigenvalue weighted by atomic mass is 16.5. The van der Waals surface area contributed by atoms with E-state index in [1.54, 1.807) is 12.1 Å². The summed E-state index contributed by atoms with van der Waals surface area (Å²) in [5, 5.41) is 2.92. The average Bonchev–Trinajstić information content (AvgIpc) is 2.51. The van der Waals surface area contributed by atoms with Crippen molar-refractivity contribution in [3.05, 3.63) is 59.2 Å². The van der Waals surface area contributed by atoms with Gasteiger partial charge >= 0.3 is 0 Å². The van der Waals surface area contributed by atoms with Crippen LogP contribution in [0.4, 0.5) is 5.69 Å². The fraction of sp³-hybridized carbons (Fsp3) is 0.316. The fourth-order valence-electron chi connectivity index (χ4n) is 2.02. The second-order valence-electron chi connectivity index (χ2n) is 5.61. The van der Waals surface area contributed by atoms with Gasteiger partial charge in [-0.05, 0) is 74.7 Å². The van der Waals surface area contributed by atoms with Gasteiger partial charge in [0.2, 0.25) is 0 Å². The van der Waals surface area contributed by atoms with E-state index in [1.807, 2.05) is 44.2 Å². The van der Waals surface area contributed by atoms with Crippen molar-refractivity contribution < 1.29 is 9.53 Å². The summed E-state index contributed by atoms with van der Waals surface area (Å²) in [5.41, 5.74) is 3.81. The predicted octanol–water partition coefficient (Wildman–Crippen LogP) is 4.73. The fourth-order valence-corrected chi connectivity index (χ4v) is 2.02. The Morgan fingerprint density at radius 3 is 2.36 bits per heavy atom. The molecule has 3 nitrogen and oxygen atoms in total. The van der Waals surface area contributed by atoms with E-state index in [4.69, 9.17) is 4.74 Å². The third-order valence-corrected chi connectivity index (χ3v) is 3.79. The molecule has 1 unspecified atom stereocenters. The van der Waals surface area contributed by atoms with Crippen LogP contribution in [0.2, 0.25) is 0 Å². The molecule has 2 rings (SSSR count). The van der Waals surface area contributed by atoms with Crippen LogP contribution in [0, 0.1) is 13.8 Å². The van der Waals surface area contributed by atoms with Gasteiger partial charge in [0.1, 0.15) is 5.75 Å². The topological polar surface area (TPSA) is 38.3 Å². The molecule has 0 heterocycles. The van der Waals surface area contributed by atoms with Gasteiger partial charge in [-0.1, -0.05) is 13.0 Å². The summed E-state index contributed by atoms with van der Waals surface area (Å²) in [6, 6.07) is 13.1. The first-order valence-electron chi connectivity index (χ1n) is 7.65. The monoisotopic (exact) mass is 297 g/mol. The number of amides is 1. The summed E-state index contributed by atoms with van der Waals surface area (Å²) in [5.74, 6) is 0.676. The highest BCUT2D eigenvalue weighted by Crippen LogP contribution is 2.18. The van der Waals surface area contributed by atoms with E-state index in [2.05, 4.69) is 19.2 Å². The largest absolute Gasteiger partial charge is 0.491 e. The Balaban J connectivity index is 2.04. The number of nitrogens with one attached hydrogen (secondary N) is 1. The molecule has 0 bridgehead atoms. The lowest BCUT2D eigenvalue weighted by molar-refractivity contribution is 0.102. The lowest BCUT2D eigenvalue weighted by atomic mass is 10.1. The molecule has 0 aliphatic carbocycles. The summed E-state index contributed by atoms with van der Waals surface area (Å²) in [7, 11) is 0. The zero-order chi connectivity index (χ0) is 16.1. The van der Waals surface area contributed by atoms with Gasteiger partial charge in [0.05, 0.1) is 6.10 Å². The van der Waals surface area contributed by atoms with E-state index in [0.29, 0.717) is 5.56 Å². The van der Waals surface area contributed by atoms with Crippen molar-refractivity contribution in [1.82, 2.24) is 0 Å². The Labute approximate surface area is 132 Å². The molecule has 0 radical (unpaired) electrons. The molecule has 1 atom stereocenters. The number of rotatable bonds is 5. The van der Waals surface area contributed by atoms with Crippen LogP contribution in [0.3, 0.4) is 0 Å². The van der Waals surface area contributed by atoms with Crippen molar-refractivity contribution in [1.29, 1.82) is 0 Å². The number of anilines is 1. The van der Waals surface area contributed by atoms with Crippen LogP contribution in [-0.4, -0.2) is 12.0 Å². The van der Waals surface area contributed by atoms with E-state index in [9.17, 15) is 4.79 Å². The number of carbonyl (C=O) groups excluding carboxylic acids is 1.